The second-order valence-electron chi connectivity index (χ2n) is 7.82. The van der Waals surface area contributed by atoms with Gasteiger partial charge in [-0.2, -0.15) is 0 Å². The van der Waals surface area contributed by atoms with Gasteiger partial charge in [0.15, 0.2) is 16.6 Å². The third-order valence-corrected chi connectivity index (χ3v) is 6.38. The Morgan fingerprint density at radius 1 is 0.906 bits per heavy atom. The molecular weight excluding hydrogens is 422 g/mol. The van der Waals surface area contributed by atoms with Crippen LogP contribution in [0.4, 0.5) is 17.1 Å². The third-order valence-electron chi connectivity index (χ3n) is 5.97. The summed E-state index contributed by atoms with van der Waals surface area (Å²) in [5.74, 6) is 1.35. The Morgan fingerprint density at radius 3 is 2.19 bits per heavy atom. The van der Waals surface area contributed by atoms with Crippen molar-refractivity contribution < 1.29 is 14.3 Å². The SMILES string of the molecule is COc1cc2c(cc1OC)CN1C(=S)N(c3ccc(Nc4ccccc4)cc3)C(=O)[C@H]1C2. The van der Waals surface area contributed by atoms with Crippen molar-refractivity contribution in [1.29, 1.82) is 0 Å². The van der Waals surface area contributed by atoms with Crippen LogP contribution in [0.3, 0.4) is 0 Å². The number of hydrogen-bond donors (Lipinski definition) is 1. The number of para-hydroxylation sites is 1. The number of methoxy groups -OCH3 is 2. The van der Waals surface area contributed by atoms with Gasteiger partial charge in [-0.05, 0) is 71.9 Å². The first-order valence-corrected chi connectivity index (χ1v) is 10.8. The Labute approximate surface area is 192 Å². The molecule has 2 aliphatic heterocycles. The summed E-state index contributed by atoms with van der Waals surface area (Å²) in [6.45, 7) is 0.565. The molecule has 1 N–H and O–H groups in total. The van der Waals surface area contributed by atoms with Gasteiger partial charge in [-0.1, -0.05) is 18.2 Å². The van der Waals surface area contributed by atoms with Crippen molar-refractivity contribution in [2.24, 2.45) is 0 Å². The summed E-state index contributed by atoms with van der Waals surface area (Å²) in [6, 6.07) is 21.4. The maximum absolute atomic E-state index is 13.3. The van der Waals surface area contributed by atoms with Crippen molar-refractivity contribution in [2.45, 2.75) is 19.0 Å². The van der Waals surface area contributed by atoms with Crippen molar-refractivity contribution in [2.75, 3.05) is 24.4 Å². The highest BCUT2D eigenvalue weighted by molar-refractivity contribution is 7.80. The number of anilines is 3. The average Bonchev–Trinajstić information content (AvgIpc) is 3.07. The molecule has 1 saturated heterocycles. The molecule has 0 spiro atoms. The quantitative estimate of drug-likeness (QED) is 0.584. The van der Waals surface area contributed by atoms with E-state index in [1.54, 1.807) is 19.1 Å². The topological polar surface area (TPSA) is 54.0 Å². The highest BCUT2D eigenvalue weighted by Gasteiger charge is 2.45. The highest BCUT2D eigenvalue weighted by Crippen LogP contribution is 2.38. The van der Waals surface area contributed by atoms with E-state index >= 15 is 0 Å². The van der Waals surface area contributed by atoms with Crippen molar-refractivity contribution in [3.63, 3.8) is 0 Å². The van der Waals surface area contributed by atoms with E-state index in [9.17, 15) is 4.79 Å². The highest BCUT2D eigenvalue weighted by atomic mass is 32.1. The number of ether oxygens (including phenoxy) is 2. The van der Waals surface area contributed by atoms with E-state index in [0.717, 1.165) is 28.2 Å². The summed E-state index contributed by atoms with van der Waals surface area (Å²) in [5.41, 5.74) is 4.91. The first-order valence-electron chi connectivity index (χ1n) is 10.4. The van der Waals surface area contributed by atoms with Crippen LogP contribution in [0.25, 0.3) is 0 Å². The zero-order chi connectivity index (χ0) is 22.2. The summed E-state index contributed by atoms with van der Waals surface area (Å²) in [5, 5.41) is 3.89. The fourth-order valence-electron chi connectivity index (χ4n) is 4.33. The fourth-order valence-corrected chi connectivity index (χ4v) is 4.71. The van der Waals surface area contributed by atoms with Crippen molar-refractivity contribution in [1.82, 2.24) is 4.90 Å². The van der Waals surface area contributed by atoms with Crippen LogP contribution in [-0.4, -0.2) is 36.2 Å². The lowest BCUT2D eigenvalue weighted by atomic mass is 9.94. The monoisotopic (exact) mass is 445 g/mol. The summed E-state index contributed by atoms with van der Waals surface area (Å²) in [7, 11) is 3.24. The van der Waals surface area contributed by atoms with Gasteiger partial charge in [0, 0.05) is 24.3 Å². The van der Waals surface area contributed by atoms with Crippen LogP contribution in [-0.2, 0) is 17.8 Å². The number of carbonyl (C=O) groups is 1. The summed E-state index contributed by atoms with van der Waals surface area (Å²) < 4.78 is 10.9. The zero-order valence-electron chi connectivity index (χ0n) is 17.9. The zero-order valence-corrected chi connectivity index (χ0v) is 18.7. The van der Waals surface area contributed by atoms with Crippen molar-refractivity contribution in [3.05, 3.63) is 77.9 Å². The van der Waals surface area contributed by atoms with Crippen LogP contribution in [0.1, 0.15) is 11.1 Å². The molecule has 6 nitrogen and oxygen atoms in total. The van der Waals surface area contributed by atoms with Gasteiger partial charge in [0.1, 0.15) is 6.04 Å². The Kier molecular flexibility index (Phi) is 5.19. The van der Waals surface area contributed by atoms with Gasteiger partial charge in [-0.3, -0.25) is 9.69 Å². The number of hydrogen-bond acceptors (Lipinski definition) is 5. The van der Waals surface area contributed by atoms with Crippen molar-refractivity contribution >= 4 is 40.3 Å². The number of thiocarbonyl (C=S) groups is 1. The van der Waals surface area contributed by atoms with Crippen LogP contribution in [0.15, 0.2) is 66.7 Å². The van der Waals surface area contributed by atoms with Crippen molar-refractivity contribution in [3.8, 4) is 11.5 Å². The number of benzene rings is 3. The normalized spacial score (nSPS) is 17.1. The first kappa shape index (κ1) is 20.3. The van der Waals surface area contributed by atoms with E-state index in [1.165, 1.54) is 0 Å². The van der Waals surface area contributed by atoms with E-state index in [0.29, 0.717) is 29.6 Å². The molecule has 2 heterocycles. The summed E-state index contributed by atoms with van der Waals surface area (Å²) in [6.07, 6.45) is 0.582. The summed E-state index contributed by atoms with van der Waals surface area (Å²) >= 11 is 5.73. The molecule has 0 unspecified atom stereocenters. The minimum atomic E-state index is -0.310. The van der Waals surface area contributed by atoms with E-state index < -0.39 is 0 Å². The minimum Gasteiger partial charge on any atom is -0.493 e. The molecule has 162 valence electrons. The van der Waals surface area contributed by atoms with Crippen LogP contribution >= 0.6 is 12.2 Å². The largest absolute Gasteiger partial charge is 0.493 e. The van der Waals surface area contributed by atoms with Gasteiger partial charge in [0.2, 0.25) is 0 Å². The van der Waals surface area contributed by atoms with Crippen LogP contribution in [0, 0.1) is 0 Å². The minimum absolute atomic E-state index is 0.000738. The lowest BCUT2D eigenvalue weighted by Gasteiger charge is -2.31. The van der Waals surface area contributed by atoms with E-state index in [1.807, 2.05) is 71.6 Å². The average molecular weight is 446 g/mol. The van der Waals surface area contributed by atoms with Gasteiger partial charge in [-0.15, -0.1) is 0 Å². The molecule has 0 bridgehead atoms. The predicted octanol–water partition coefficient (Wildman–Crippen LogP) is 4.51. The molecule has 1 amide bonds. The van der Waals surface area contributed by atoms with Gasteiger partial charge in [0.25, 0.3) is 5.91 Å². The number of fused-ring (bicyclic) bond motifs is 2. The molecular formula is C25H23N3O3S. The van der Waals surface area contributed by atoms with E-state index in [4.69, 9.17) is 21.7 Å². The maximum atomic E-state index is 13.3. The molecule has 2 aliphatic rings. The Hall–Kier alpha value is -3.58. The van der Waals surface area contributed by atoms with Gasteiger partial charge in [-0.25, -0.2) is 0 Å². The van der Waals surface area contributed by atoms with E-state index in [-0.39, 0.29) is 11.9 Å². The molecule has 5 rings (SSSR count). The predicted molar refractivity (Wildman–Crippen MR) is 129 cm³/mol. The smallest absolute Gasteiger partial charge is 0.256 e. The number of carbonyl (C=O) groups excluding carboxylic acids is 1. The Balaban J connectivity index is 1.39. The van der Waals surface area contributed by atoms with Crippen LogP contribution < -0.4 is 19.7 Å². The second-order valence-corrected chi connectivity index (χ2v) is 8.18. The fraction of sp³-hybridized carbons (Fsp3) is 0.200. The molecule has 7 heteroatoms. The standard InChI is InChI=1S/C25H23N3O3S/c1-30-22-13-16-12-21-24(29)28(25(32)27(21)15-17(16)14-23(22)31-2)20-10-8-19(9-11-20)26-18-6-4-3-5-7-18/h3-11,13-14,21,26H,12,15H2,1-2H3/t21-/m1/s1. The molecule has 0 radical (unpaired) electrons. The van der Waals surface area contributed by atoms with E-state index in [2.05, 4.69) is 5.32 Å². The number of nitrogens with one attached hydrogen (secondary N) is 1. The molecule has 3 aromatic rings. The number of nitrogens with zero attached hydrogens (tertiary/aromatic N) is 2. The Morgan fingerprint density at radius 2 is 1.53 bits per heavy atom. The van der Waals surface area contributed by atoms with Crippen LogP contribution in [0.2, 0.25) is 0 Å². The number of rotatable bonds is 5. The Bertz CT molecular complexity index is 1130. The molecule has 32 heavy (non-hydrogen) atoms. The number of amides is 1. The van der Waals surface area contributed by atoms with Gasteiger partial charge in [0.05, 0.1) is 19.9 Å². The maximum Gasteiger partial charge on any atom is 0.256 e. The van der Waals surface area contributed by atoms with Gasteiger partial charge < -0.3 is 19.7 Å². The second kappa shape index (κ2) is 8.16. The molecule has 1 fully saturated rings. The summed E-state index contributed by atoms with van der Waals surface area (Å²) in [4.78, 5) is 17.0. The lowest BCUT2D eigenvalue weighted by molar-refractivity contribution is -0.119. The third kappa shape index (κ3) is 3.44. The van der Waals surface area contributed by atoms with Gasteiger partial charge >= 0.3 is 0 Å². The van der Waals surface area contributed by atoms with Crippen LogP contribution in [0.5, 0.6) is 11.5 Å². The molecule has 0 aromatic heterocycles. The lowest BCUT2D eigenvalue weighted by Crippen LogP contribution is -2.40. The first-order chi connectivity index (χ1) is 15.6. The molecule has 0 aliphatic carbocycles. The molecule has 0 saturated carbocycles. The molecule has 3 aromatic carbocycles. The molecule has 1 atom stereocenters.